The first-order chi connectivity index (χ1) is 11.0. The maximum absolute atomic E-state index is 12.5. The first kappa shape index (κ1) is 18.3. The Bertz CT molecular complexity index is 504. The van der Waals surface area contributed by atoms with Gasteiger partial charge in [-0.3, -0.25) is 9.69 Å². The molecule has 0 radical (unpaired) electrons. The summed E-state index contributed by atoms with van der Waals surface area (Å²) < 4.78 is 5.03. The maximum Gasteiger partial charge on any atom is 0.235 e. The van der Waals surface area contributed by atoms with Gasteiger partial charge in [0.1, 0.15) is 0 Å². The summed E-state index contributed by atoms with van der Waals surface area (Å²) in [5, 5.41) is 4.07. The van der Waals surface area contributed by atoms with Gasteiger partial charge in [0.05, 0.1) is 11.8 Å². The molecule has 2 rings (SSSR count). The largest absolute Gasteiger partial charge is 0.342 e. The molecule has 130 valence electrons. The number of hydrogen-bond donors (Lipinski definition) is 0. The third-order valence-corrected chi connectivity index (χ3v) is 5.63. The lowest BCUT2D eigenvalue weighted by molar-refractivity contribution is -0.130. The molecule has 1 saturated heterocycles. The maximum atomic E-state index is 12.5. The summed E-state index contributed by atoms with van der Waals surface area (Å²) in [6, 6.07) is 0.459. The lowest BCUT2D eigenvalue weighted by Gasteiger charge is -2.27. The third-order valence-electron chi connectivity index (χ3n) is 4.52. The van der Waals surface area contributed by atoms with Crippen LogP contribution in [0.25, 0.3) is 0 Å². The fraction of sp³-hybridized carbons (Fsp3) is 0.812. The monoisotopic (exact) mass is 340 g/mol. The van der Waals surface area contributed by atoms with Crippen LogP contribution in [0.5, 0.6) is 0 Å². The second-order valence-electron chi connectivity index (χ2n) is 6.19. The van der Waals surface area contributed by atoms with Gasteiger partial charge in [-0.25, -0.2) is 0 Å². The van der Waals surface area contributed by atoms with E-state index in [1.54, 1.807) is 11.8 Å². The molecule has 1 fully saturated rings. The van der Waals surface area contributed by atoms with Gasteiger partial charge in [-0.15, -0.1) is 0 Å². The quantitative estimate of drug-likeness (QED) is 0.792. The van der Waals surface area contributed by atoms with Gasteiger partial charge in [-0.1, -0.05) is 12.1 Å². The van der Waals surface area contributed by atoms with Gasteiger partial charge in [0.25, 0.3) is 0 Å². The van der Waals surface area contributed by atoms with E-state index in [0.29, 0.717) is 24.4 Å². The van der Waals surface area contributed by atoms with Crippen molar-refractivity contribution in [3.05, 3.63) is 11.7 Å². The molecule has 1 aromatic rings. The third kappa shape index (κ3) is 4.94. The number of aryl methyl sites for hydroxylation is 1. The number of carbonyl (C=O) groups excluding carboxylic acids is 1. The van der Waals surface area contributed by atoms with Crippen molar-refractivity contribution in [3.63, 3.8) is 0 Å². The van der Waals surface area contributed by atoms with Crippen LogP contribution in [0.3, 0.4) is 0 Å². The van der Waals surface area contributed by atoms with Crippen LogP contribution in [0.15, 0.2) is 4.52 Å². The van der Waals surface area contributed by atoms with Crippen LogP contribution >= 0.6 is 11.8 Å². The Morgan fingerprint density at radius 1 is 1.48 bits per heavy atom. The summed E-state index contributed by atoms with van der Waals surface area (Å²) >= 11 is 1.66. The molecule has 23 heavy (non-hydrogen) atoms. The van der Waals surface area contributed by atoms with Gasteiger partial charge in [-0.05, 0) is 39.0 Å². The Morgan fingerprint density at radius 3 is 2.87 bits per heavy atom. The first-order valence-corrected chi connectivity index (χ1v) is 9.65. The fourth-order valence-electron chi connectivity index (χ4n) is 3.14. The molecule has 1 aromatic heterocycles. The van der Waals surface area contributed by atoms with Crippen LogP contribution in [-0.2, 0) is 11.3 Å². The molecule has 2 heterocycles. The average Bonchev–Trinajstić information content (AvgIpc) is 2.80. The molecule has 2 unspecified atom stereocenters. The van der Waals surface area contributed by atoms with E-state index < -0.39 is 0 Å². The lowest BCUT2D eigenvalue weighted by Crippen LogP contribution is -2.39. The van der Waals surface area contributed by atoms with Gasteiger partial charge < -0.3 is 9.42 Å². The topological polar surface area (TPSA) is 62.5 Å². The Kier molecular flexibility index (Phi) is 6.89. The number of likely N-dealkylation sites (tertiary alicyclic amines) is 1. The average molecular weight is 340 g/mol. The van der Waals surface area contributed by atoms with Gasteiger partial charge in [-0.2, -0.15) is 16.7 Å². The van der Waals surface area contributed by atoms with E-state index >= 15 is 0 Å². The van der Waals surface area contributed by atoms with Crippen molar-refractivity contribution in [1.29, 1.82) is 0 Å². The van der Waals surface area contributed by atoms with E-state index in [-0.39, 0.29) is 5.25 Å². The Hall–Kier alpha value is -1.08. The Balaban J connectivity index is 1.88. The van der Waals surface area contributed by atoms with Crippen LogP contribution < -0.4 is 0 Å². The van der Waals surface area contributed by atoms with Crippen molar-refractivity contribution < 1.29 is 9.32 Å². The molecule has 0 bridgehead atoms. The van der Waals surface area contributed by atoms with Gasteiger partial charge in [0, 0.05) is 26.1 Å². The zero-order chi connectivity index (χ0) is 16.8. The zero-order valence-corrected chi connectivity index (χ0v) is 15.4. The highest BCUT2D eigenvalue weighted by atomic mass is 32.2. The van der Waals surface area contributed by atoms with Crippen molar-refractivity contribution in [3.8, 4) is 0 Å². The Labute approximate surface area is 143 Å². The smallest absolute Gasteiger partial charge is 0.235 e. The summed E-state index contributed by atoms with van der Waals surface area (Å²) in [6.07, 6.45) is 6.08. The van der Waals surface area contributed by atoms with Crippen LogP contribution in [0.4, 0.5) is 0 Å². The van der Waals surface area contributed by atoms with Gasteiger partial charge >= 0.3 is 0 Å². The number of carbonyl (C=O) groups is 1. The molecule has 0 aromatic carbocycles. The standard InChI is InChI=1S/C16H28N4O2S/c1-5-14(23-4)16(21)20-9-6-7-13(8-10-20)19(3)11-15-17-12(2)22-18-15/h13-14H,5-11H2,1-4H3. The van der Waals surface area contributed by atoms with E-state index in [4.69, 9.17) is 4.52 Å². The fourth-order valence-corrected chi connectivity index (χ4v) is 3.83. The summed E-state index contributed by atoms with van der Waals surface area (Å²) in [5.41, 5.74) is 0. The first-order valence-electron chi connectivity index (χ1n) is 8.36. The van der Waals surface area contributed by atoms with Crippen molar-refractivity contribution in [2.24, 2.45) is 0 Å². The normalized spacial score (nSPS) is 20.6. The molecule has 1 aliphatic heterocycles. The molecule has 0 spiro atoms. The second-order valence-corrected chi connectivity index (χ2v) is 7.23. The molecule has 7 heteroatoms. The zero-order valence-electron chi connectivity index (χ0n) is 14.6. The highest BCUT2D eigenvalue weighted by Crippen LogP contribution is 2.20. The van der Waals surface area contributed by atoms with E-state index in [9.17, 15) is 4.79 Å². The molecular formula is C16H28N4O2S. The predicted molar refractivity (Wildman–Crippen MR) is 92.3 cm³/mol. The molecule has 0 N–H and O–H groups in total. The number of amides is 1. The van der Waals surface area contributed by atoms with E-state index in [2.05, 4.69) is 33.9 Å². The van der Waals surface area contributed by atoms with Crippen molar-refractivity contribution in [1.82, 2.24) is 19.9 Å². The highest BCUT2D eigenvalue weighted by molar-refractivity contribution is 7.99. The molecule has 1 aliphatic rings. The van der Waals surface area contributed by atoms with E-state index in [0.717, 1.165) is 44.6 Å². The molecule has 2 atom stereocenters. The molecule has 1 amide bonds. The predicted octanol–water partition coefficient (Wildman–Crippen LogP) is 2.33. The summed E-state index contributed by atoms with van der Waals surface area (Å²) in [6.45, 7) is 6.30. The van der Waals surface area contributed by atoms with Crippen LogP contribution in [-0.4, -0.2) is 63.5 Å². The van der Waals surface area contributed by atoms with E-state index in [1.165, 1.54) is 0 Å². The number of hydrogen-bond acceptors (Lipinski definition) is 6. The van der Waals surface area contributed by atoms with Crippen LogP contribution in [0.2, 0.25) is 0 Å². The minimum absolute atomic E-state index is 0.103. The molecule has 0 aliphatic carbocycles. The van der Waals surface area contributed by atoms with Crippen molar-refractivity contribution >= 4 is 17.7 Å². The number of nitrogens with zero attached hydrogens (tertiary/aromatic N) is 4. The number of aromatic nitrogens is 2. The van der Waals surface area contributed by atoms with Crippen LogP contribution in [0, 0.1) is 6.92 Å². The minimum atomic E-state index is 0.103. The van der Waals surface area contributed by atoms with Crippen molar-refractivity contribution in [2.45, 2.75) is 57.4 Å². The van der Waals surface area contributed by atoms with Crippen molar-refractivity contribution in [2.75, 3.05) is 26.4 Å². The summed E-state index contributed by atoms with van der Waals surface area (Å²) in [5.74, 6) is 1.64. The lowest BCUT2D eigenvalue weighted by atomic mass is 10.1. The van der Waals surface area contributed by atoms with Crippen LogP contribution in [0.1, 0.15) is 44.3 Å². The second kappa shape index (κ2) is 8.68. The van der Waals surface area contributed by atoms with Gasteiger partial charge in [0.15, 0.2) is 5.82 Å². The molecule has 6 nitrogen and oxygen atoms in total. The SMILES string of the molecule is CCC(SC)C(=O)N1CCCC(N(C)Cc2noc(C)n2)CC1. The summed E-state index contributed by atoms with van der Waals surface area (Å²) in [7, 11) is 2.10. The highest BCUT2D eigenvalue weighted by Gasteiger charge is 2.27. The van der Waals surface area contributed by atoms with E-state index in [1.807, 2.05) is 13.2 Å². The number of rotatable bonds is 6. The number of thioether (sulfide) groups is 1. The van der Waals surface area contributed by atoms with Gasteiger partial charge in [0.2, 0.25) is 11.8 Å². The Morgan fingerprint density at radius 2 is 2.26 bits per heavy atom. The molecule has 0 saturated carbocycles. The summed E-state index contributed by atoms with van der Waals surface area (Å²) in [4.78, 5) is 21.1. The minimum Gasteiger partial charge on any atom is -0.342 e. The molecular weight excluding hydrogens is 312 g/mol.